The molecule has 0 aliphatic carbocycles. The van der Waals surface area contributed by atoms with Crippen LogP contribution in [-0.4, -0.2) is 35.8 Å². The first kappa shape index (κ1) is 22.9. The van der Waals surface area contributed by atoms with Crippen LogP contribution in [-0.2, 0) is 17.1 Å². The van der Waals surface area contributed by atoms with Gasteiger partial charge in [0.2, 0.25) is 10.0 Å². The minimum atomic E-state index is -3.57. The number of fused-ring (bicyclic) bond motifs is 1. The first-order valence-electron chi connectivity index (χ1n) is 11.0. The summed E-state index contributed by atoms with van der Waals surface area (Å²) in [4.78, 5) is 18.0. The van der Waals surface area contributed by atoms with Gasteiger partial charge in [-0.1, -0.05) is 30.7 Å². The van der Waals surface area contributed by atoms with Gasteiger partial charge in [0.15, 0.2) is 4.80 Å². The number of nitrogens with zero attached hydrogens (tertiary/aromatic N) is 3. The van der Waals surface area contributed by atoms with Gasteiger partial charge in [-0.05, 0) is 74.6 Å². The molecule has 0 spiro atoms. The second-order valence-electron chi connectivity index (χ2n) is 8.41. The van der Waals surface area contributed by atoms with Crippen molar-refractivity contribution in [2.75, 3.05) is 6.54 Å². The van der Waals surface area contributed by atoms with E-state index in [2.05, 4.69) is 31.0 Å². The van der Waals surface area contributed by atoms with Gasteiger partial charge in [0.05, 0.1) is 15.1 Å². The van der Waals surface area contributed by atoms with Crippen molar-refractivity contribution in [3.8, 4) is 0 Å². The van der Waals surface area contributed by atoms with Crippen LogP contribution in [0.1, 0.15) is 54.1 Å². The predicted molar refractivity (Wildman–Crippen MR) is 128 cm³/mol. The minimum absolute atomic E-state index is 0.0464. The predicted octanol–water partition coefficient (Wildman–Crippen LogP) is 4.55. The summed E-state index contributed by atoms with van der Waals surface area (Å²) in [6, 6.07) is 10.3. The average Bonchev–Trinajstić information content (AvgIpc) is 3.12. The molecule has 0 bridgehead atoms. The zero-order valence-corrected chi connectivity index (χ0v) is 20.6. The second kappa shape index (κ2) is 8.92. The van der Waals surface area contributed by atoms with Gasteiger partial charge in [0, 0.05) is 25.2 Å². The van der Waals surface area contributed by atoms with Crippen LogP contribution >= 0.6 is 11.3 Å². The lowest BCUT2D eigenvalue weighted by molar-refractivity contribution is 0.0998. The van der Waals surface area contributed by atoms with Crippen molar-refractivity contribution in [1.29, 1.82) is 0 Å². The fourth-order valence-electron chi connectivity index (χ4n) is 4.39. The van der Waals surface area contributed by atoms with E-state index in [9.17, 15) is 13.2 Å². The SMILES string of the molecule is CCC1CCCCN1S(=O)(=O)c1ccc(C(=O)N=c2sc3ccc(C)c(C)c3n2C)cc1. The Morgan fingerprint density at radius 1 is 1.12 bits per heavy atom. The molecule has 1 aliphatic heterocycles. The molecule has 0 saturated carbocycles. The number of sulfonamides is 1. The third-order valence-corrected chi connectivity index (χ3v) is 9.50. The van der Waals surface area contributed by atoms with Gasteiger partial charge in [0.1, 0.15) is 0 Å². The van der Waals surface area contributed by atoms with Crippen LogP contribution < -0.4 is 4.80 Å². The molecule has 1 unspecified atom stereocenters. The van der Waals surface area contributed by atoms with E-state index in [0.29, 0.717) is 16.9 Å². The maximum Gasteiger partial charge on any atom is 0.279 e. The monoisotopic (exact) mass is 471 g/mol. The van der Waals surface area contributed by atoms with Crippen LogP contribution in [0, 0.1) is 13.8 Å². The molecule has 1 fully saturated rings. The number of aryl methyl sites for hydroxylation is 3. The Bertz CT molecular complexity index is 1340. The molecular weight excluding hydrogens is 442 g/mol. The third kappa shape index (κ3) is 4.07. The van der Waals surface area contributed by atoms with Gasteiger partial charge >= 0.3 is 0 Å². The van der Waals surface area contributed by atoms with Crippen LogP contribution in [0.25, 0.3) is 10.2 Å². The maximum atomic E-state index is 13.1. The van der Waals surface area contributed by atoms with E-state index in [1.165, 1.54) is 34.6 Å². The molecule has 2 heterocycles. The number of amides is 1. The molecule has 8 heteroatoms. The van der Waals surface area contributed by atoms with Crippen molar-refractivity contribution < 1.29 is 13.2 Å². The van der Waals surface area contributed by atoms with Crippen molar-refractivity contribution in [1.82, 2.24) is 8.87 Å². The van der Waals surface area contributed by atoms with Crippen molar-refractivity contribution in [3.63, 3.8) is 0 Å². The summed E-state index contributed by atoms with van der Waals surface area (Å²) in [5, 5.41) is 0. The number of thiazole rings is 1. The van der Waals surface area contributed by atoms with E-state index in [1.807, 2.05) is 18.5 Å². The first-order valence-corrected chi connectivity index (χ1v) is 13.3. The van der Waals surface area contributed by atoms with Crippen LogP contribution in [0.5, 0.6) is 0 Å². The number of aromatic nitrogens is 1. The number of hydrogen-bond donors (Lipinski definition) is 0. The minimum Gasteiger partial charge on any atom is -0.319 e. The van der Waals surface area contributed by atoms with E-state index >= 15 is 0 Å². The lowest BCUT2D eigenvalue weighted by Crippen LogP contribution is -2.43. The molecule has 3 aromatic rings. The fourth-order valence-corrected chi connectivity index (χ4v) is 7.23. The standard InChI is InChI=1S/C24H29N3O3S2/c1-5-19-8-6-7-15-27(19)32(29,30)20-12-10-18(11-13-20)23(28)25-24-26(4)22-17(3)16(2)9-14-21(22)31-24/h9-14,19H,5-8,15H2,1-4H3. The first-order chi connectivity index (χ1) is 15.2. The molecule has 1 atom stereocenters. The number of piperidine rings is 1. The van der Waals surface area contributed by atoms with Crippen LogP contribution in [0.15, 0.2) is 46.3 Å². The van der Waals surface area contributed by atoms with E-state index in [0.717, 1.165) is 35.9 Å². The van der Waals surface area contributed by atoms with Crippen molar-refractivity contribution in [2.45, 2.75) is 57.4 Å². The number of hydrogen-bond acceptors (Lipinski definition) is 4. The van der Waals surface area contributed by atoms with Crippen molar-refractivity contribution in [2.24, 2.45) is 12.0 Å². The Kier molecular flexibility index (Phi) is 6.38. The highest BCUT2D eigenvalue weighted by molar-refractivity contribution is 7.89. The highest BCUT2D eigenvalue weighted by Crippen LogP contribution is 2.27. The maximum absolute atomic E-state index is 13.1. The zero-order valence-electron chi connectivity index (χ0n) is 19.0. The molecule has 0 N–H and O–H groups in total. The number of benzene rings is 2. The Balaban J connectivity index is 1.64. The summed E-state index contributed by atoms with van der Waals surface area (Å²) < 4.78 is 30.9. The van der Waals surface area contributed by atoms with Crippen LogP contribution in [0.3, 0.4) is 0 Å². The summed E-state index contributed by atoms with van der Waals surface area (Å²) in [6.45, 7) is 6.72. The average molecular weight is 472 g/mol. The van der Waals surface area contributed by atoms with E-state index in [1.54, 1.807) is 16.4 Å². The highest BCUT2D eigenvalue weighted by Gasteiger charge is 2.32. The number of carbonyl (C=O) groups is 1. The van der Waals surface area contributed by atoms with E-state index in [-0.39, 0.29) is 16.8 Å². The van der Waals surface area contributed by atoms with Crippen molar-refractivity contribution >= 4 is 37.5 Å². The van der Waals surface area contributed by atoms with Gasteiger partial charge in [-0.2, -0.15) is 9.30 Å². The quantitative estimate of drug-likeness (QED) is 0.560. The number of rotatable bonds is 4. The lowest BCUT2D eigenvalue weighted by Gasteiger charge is -2.34. The Labute approximate surface area is 193 Å². The summed E-state index contributed by atoms with van der Waals surface area (Å²) in [5.74, 6) is -0.380. The molecule has 6 nitrogen and oxygen atoms in total. The molecule has 0 radical (unpaired) electrons. The molecule has 1 aliphatic rings. The molecule has 4 rings (SSSR count). The molecular formula is C24H29N3O3S2. The third-order valence-electron chi connectivity index (χ3n) is 6.44. The highest BCUT2D eigenvalue weighted by atomic mass is 32.2. The largest absolute Gasteiger partial charge is 0.319 e. The molecule has 1 amide bonds. The number of carbonyl (C=O) groups excluding carboxylic acids is 1. The van der Waals surface area contributed by atoms with Gasteiger partial charge in [-0.3, -0.25) is 4.79 Å². The molecule has 32 heavy (non-hydrogen) atoms. The van der Waals surface area contributed by atoms with Gasteiger partial charge < -0.3 is 4.57 Å². The summed E-state index contributed by atoms with van der Waals surface area (Å²) >= 11 is 1.47. The molecule has 1 aromatic heterocycles. The summed E-state index contributed by atoms with van der Waals surface area (Å²) in [5.41, 5.74) is 3.82. The zero-order chi connectivity index (χ0) is 23.0. The van der Waals surface area contributed by atoms with Gasteiger partial charge in [-0.15, -0.1) is 0 Å². The second-order valence-corrected chi connectivity index (χ2v) is 11.3. The van der Waals surface area contributed by atoms with E-state index in [4.69, 9.17) is 0 Å². The lowest BCUT2D eigenvalue weighted by atomic mass is 10.0. The Hall–Kier alpha value is -2.29. The Morgan fingerprint density at radius 3 is 2.53 bits per heavy atom. The smallest absolute Gasteiger partial charge is 0.279 e. The molecule has 2 aromatic carbocycles. The fraction of sp³-hybridized carbons (Fsp3) is 0.417. The van der Waals surface area contributed by atoms with Crippen LogP contribution in [0.2, 0.25) is 0 Å². The normalized spacial score (nSPS) is 18.4. The van der Waals surface area contributed by atoms with E-state index < -0.39 is 10.0 Å². The van der Waals surface area contributed by atoms with Crippen LogP contribution in [0.4, 0.5) is 0 Å². The van der Waals surface area contributed by atoms with Gasteiger partial charge in [-0.25, -0.2) is 8.42 Å². The topological polar surface area (TPSA) is 71.7 Å². The summed E-state index contributed by atoms with van der Waals surface area (Å²) in [6.07, 6.45) is 3.65. The molecule has 1 saturated heterocycles. The van der Waals surface area contributed by atoms with Gasteiger partial charge in [0.25, 0.3) is 5.91 Å². The molecule has 170 valence electrons. The summed E-state index contributed by atoms with van der Waals surface area (Å²) in [7, 11) is -1.66. The van der Waals surface area contributed by atoms with Crippen molar-refractivity contribution in [3.05, 3.63) is 57.9 Å². The Morgan fingerprint density at radius 2 is 1.84 bits per heavy atom.